The number of benzene rings is 1. The van der Waals surface area contributed by atoms with Crippen LogP contribution in [0.3, 0.4) is 0 Å². The first-order valence-electron chi connectivity index (χ1n) is 9.75. The fourth-order valence-electron chi connectivity index (χ4n) is 4.28. The van der Waals surface area contributed by atoms with Crippen LogP contribution in [0.15, 0.2) is 18.2 Å². The van der Waals surface area contributed by atoms with Crippen molar-refractivity contribution in [1.82, 2.24) is 15.5 Å². The van der Waals surface area contributed by atoms with Gasteiger partial charge in [-0.05, 0) is 49.8 Å². The summed E-state index contributed by atoms with van der Waals surface area (Å²) in [6, 6.07) is 4.59. The Kier molecular flexibility index (Phi) is 4.99. The Labute approximate surface area is 162 Å². The van der Waals surface area contributed by atoms with Gasteiger partial charge in [0.15, 0.2) is 0 Å². The third kappa shape index (κ3) is 3.33. The van der Waals surface area contributed by atoms with Gasteiger partial charge in [0.1, 0.15) is 6.04 Å². The Morgan fingerprint density at radius 1 is 1.14 bits per heavy atom. The van der Waals surface area contributed by atoms with Crippen molar-refractivity contribution < 1.29 is 19.2 Å². The molecule has 3 aliphatic rings. The minimum Gasteiger partial charge on any atom is -0.328 e. The number of carbonyl (C=O) groups excluding carboxylic acids is 4. The van der Waals surface area contributed by atoms with E-state index in [0.29, 0.717) is 29.6 Å². The lowest BCUT2D eigenvalue weighted by molar-refractivity contribution is -0.136. The molecule has 1 aromatic carbocycles. The van der Waals surface area contributed by atoms with Crippen LogP contribution in [-0.2, 0) is 16.1 Å². The lowest BCUT2D eigenvalue weighted by Crippen LogP contribution is -2.54. The van der Waals surface area contributed by atoms with Gasteiger partial charge in [-0.1, -0.05) is 12.1 Å². The molecule has 8 nitrogen and oxygen atoms in total. The SMILES string of the molecule is NC1CC(CCNCc2cccc3c2C(=O)N(C2CCC(=O)NC2=O)C3=O)C1. The topological polar surface area (TPSA) is 122 Å². The molecule has 28 heavy (non-hydrogen) atoms. The van der Waals surface area contributed by atoms with Crippen LogP contribution in [0.4, 0.5) is 0 Å². The number of carbonyl (C=O) groups is 4. The fourth-order valence-corrected chi connectivity index (χ4v) is 4.28. The fraction of sp³-hybridized carbons (Fsp3) is 0.500. The van der Waals surface area contributed by atoms with E-state index in [1.54, 1.807) is 12.1 Å². The minimum absolute atomic E-state index is 0.114. The summed E-state index contributed by atoms with van der Waals surface area (Å²) < 4.78 is 0. The number of fused-ring (bicyclic) bond motifs is 1. The number of imide groups is 2. The van der Waals surface area contributed by atoms with Crippen molar-refractivity contribution >= 4 is 23.6 Å². The first kappa shape index (κ1) is 18.8. The number of piperidine rings is 1. The molecule has 1 aromatic rings. The summed E-state index contributed by atoms with van der Waals surface area (Å²) >= 11 is 0. The second kappa shape index (κ2) is 7.44. The molecule has 4 N–H and O–H groups in total. The Morgan fingerprint density at radius 3 is 2.64 bits per heavy atom. The predicted molar refractivity (Wildman–Crippen MR) is 100 cm³/mol. The van der Waals surface area contributed by atoms with Crippen LogP contribution in [0, 0.1) is 5.92 Å². The monoisotopic (exact) mass is 384 g/mol. The third-order valence-electron chi connectivity index (χ3n) is 5.87. The van der Waals surface area contributed by atoms with Gasteiger partial charge in [-0.3, -0.25) is 29.4 Å². The predicted octanol–water partition coefficient (Wildman–Crippen LogP) is 0.305. The maximum atomic E-state index is 13.0. The van der Waals surface area contributed by atoms with Crippen molar-refractivity contribution in [3.05, 3.63) is 34.9 Å². The van der Waals surface area contributed by atoms with Crippen LogP contribution in [0.5, 0.6) is 0 Å². The van der Waals surface area contributed by atoms with Crippen molar-refractivity contribution in [3.8, 4) is 0 Å². The van der Waals surface area contributed by atoms with Crippen LogP contribution in [0.25, 0.3) is 0 Å². The number of nitrogens with one attached hydrogen (secondary N) is 2. The average Bonchev–Trinajstić information content (AvgIpc) is 2.89. The highest BCUT2D eigenvalue weighted by molar-refractivity contribution is 6.24. The van der Waals surface area contributed by atoms with Gasteiger partial charge in [0.2, 0.25) is 11.8 Å². The molecule has 1 unspecified atom stereocenters. The Hall–Kier alpha value is -2.58. The quantitative estimate of drug-likeness (QED) is 0.479. The molecule has 0 radical (unpaired) electrons. The van der Waals surface area contributed by atoms with Gasteiger partial charge in [0, 0.05) is 19.0 Å². The molecular formula is C20H24N4O4. The van der Waals surface area contributed by atoms with Gasteiger partial charge >= 0.3 is 0 Å². The van der Waals surface area contributed by atoms with Gasteiger partial charge in [0.05, 0.1) is 11.1 Å². The molecule has 0 bridgehead atoms. The molecule has 4 rings (SSSR count). The summed E-state index contributed by atoms with van der Waals surface area (Å²) in [5.41, 5.74) is 7.23. The van der Waals surface area contributed by atoms with E-state index < -0.39 is 23.8 Å². The van der Waals surface area contributed by atoms with Gasteiger partial charge in [-0.25, -0.2) is 0 Å². The summed E-state index contributed by atoms with van der Waals surface area (Å²) in [6.45, 7) is 1.30. The van der Waals surface area contributed by atoms with Gasteiger partial charge in [-0.15, -0.1) is 0 Å². The van der Waals surface area contributed by atoms with E-state index in [1.165, 1.54) is 0 Å². The van der Waals surface area contributed by atoms with E-state index in [4.69, 9.17) is 5.73 Å². The van der Waals surface area contributed by atoms with E-state index in [9.17, 15) is 19.2 Å². The molecule has 148 valence electrons. The maximum Gasteiger partial charge on any atom is 0.262 e. The summed E-state index contributed by atoms with van der Waals surface area (Å²) in [7, 11) is 0. The summed E-state index contributed by atoms with van der Waals surface area (Å²) in [5, 5.41) is 5.55. The number of hydrogen-bond donors (Lipinski definition) is 3. The van der Waals surface area contributed by atoms with Crippen LogP contribution in [0.2, 0.25) is 0 Å². The lowest BCUT2D eigenvalue weighted by Gasteiger charge is -2.32. The zero-order valence-corrected chi connectivity index (χ0v) is 15.6. The number of rotatable bonds is 6. The molecular weight excluding hydrogens is 360 g/mol. The Balaban J connectivity index is 1.45. The maximum absolute atomic E-state index is 13.0. The van der Waals surface area contributed by atoms with E-state index >= 15 is 0 Å². The summed E-state index contributed by atoms with van der Waals surface area (Å²) in [4.78, 5) is 50.3. The largest absolute Gasteiger partial charge is 0.328 e. The zero-order valence-electron chi connectivity index (χ0n) is 15.6. The standard InChI is InChI=1S/C20H24N4O4/c21-13-8-11(9-13)6-7-22-10-12-2-1-3-14-17(12)20(28)24(19(14)27)15-4-5-16(25)23-18(15)26/h1-3,11,13,15,22H,4-10,21H2,(H,23,25,26). The van der Waals surface area contributed by atoms with E-state index in [1.807, 2.05) is 6.07 Å². The number of amides is 4. The van der Waals surface area contributed by atoms with Crippen LogP contribution in [-0.4, -0.2) is 47.2 Å². The lowest BCUT2D eigenvalue weighted by atomic mass is 9.79. The second-order valence-electron chi connectivity index (χ2n) is 7.85. The third-order valence-corrected chi connectivity index (χ3v) is 5.87. The van der Waals surface area contributed by atoms with Crippen molar-refractivity contribution in [2.24, 2.45) is 11.7 Å². The van der Waals surface area contributed by atoms with Crippen LogP contribution in [0.1, 0.15) is 58.4 Å². The zero-order chi connectivity index (χ0) is 19.8. The molecule has 0 spiro atoms. The van der Waals surface area contributed by atoms with E-state index in [-0.39, 0.29) is 18.7 Å². The molecule has 1 saturated carbocycles. The average molecular weight is 384 g/mol. The number of nitrogens with zero attached hydrogens (tertiary/aromatic N) is 1. The van der Waals surface area contributed by atoms with Crippen molar-refractivity contribution in [2.45, 2.75) is 50.7 Å². The normalized spacial score (nSPS) is 26.9. The molecule has 4 amide bonds. The smallest absolute Gasteiger partial charge is 0.262 e. The highest BCUT2D eigenvalue weighted by atomic mass is 16.2. The highest BCUT2D eigenvalue weighted by Crippen LogP contribution is 2.30. The molecule has 2 heterocycles. The van der Waals surface area contributed by atoms with Gasteiger partial charge in [-0.2, -0.15) is 0 Å². The van der Waals surface area contributed by atoms with Gasteiger partial charge in [0.25, 0.3) is 11.8 Å². The number of nitrogens with two attached hydrogens (primary N) is 1. The Bertz CT molecular complexity index is 847. The number of hydrogen-bond acceptors (Lipinski definition) is 6. The molecule has 1 saturated heterocycles. The first-order valence-corrected chi connectivity index (χ1v) is 9.75. The van der Waals surface area contributed by atoms with Crippen molar-refractivity contribution in [3.63, 3.8) is 0 Å². The summed E-state index contributed by atoms with van der Waals surface area (Å²) in [6.07, 6.45) is 3.45. The minimum atomic E-state index is -0.936. The molecule has 2 fully saturated rings. The Morgan fingerprint density at radius 2 is 1.93 bits per heavy atom. The van der Waals surface area contributed by atoms with E-state index in [2.05, 4.69) is 10.6 Å². The summed E-state index contributed by atoms with van der Waals surface area (Å²) in [5.74, 6) is -1.24. The van der Waals surface area contributed by atoms with Crippen LogP contribution >= 0.6 is 0 Å². The van der Waals surface area contributed by atoms with Crippen molar-refractivity contribution in [1.29, 1.82) is 0 Å². The first-order chi connectivity index (χ1) is 13.5. The molecule has 1 atom stereocenters. The molecule has 8 heteroatoms. The van der Waals surface area contributed by atoms with E-state index in [0.717, 1.165) is 36.3 Å². The van der Waals surface area contributed by atoms with Gasteiger partial charge < -0.3 is 11.1 Å². The molecule has 0 aromatic heterocycles. The molecule has 2 aliphatic heterocycles. The second-order valence-corrected chi connectivity index (χ2v) is 7.85. The molecule has 1 aliphatic carbocycles. The highest BCUT2D eigenvalue weighted by Gasteiger charge is 2.45. The van der Waals surface area contributed by atoms with Crippen LogP contribution < -0.4 is 16.4 Å². The van der Waals surface area contributed by atoms with Crippen molar-refractivity contribution in [2.75, 3.05) is 6.54 Å².